The van der Waals surface area contributed by atoms with E-state index in [0.29, 0.717) is 0 Å². The highest BCUT2D eigenvalue weighted by Crippen LogP contribution is 2.21. The second-order valence-corrected chi connectivity index (χ2v) is 5.49. The Bertz CT molecular complexity index is 475. The Labute approximate surface area is 104 Å². The Morgan fingerprint density at radius 1 is 1.44 bits per heavy atom. The molecule has 0 bridgehead atoms. The molecule has 0 atom stereocenters. The van der Waals surface area contributed by atoms with E-state index >= 15 is 0 Å². The van der Waals surface area contributed by atoms with Crippen molar-refractivity contribution in [3.05, 3.63) is 38.8 Å². The third-order valence-electron chi connectivity index (χ3n) is 2.58. The SMILES string of the molecule is Cc1c(CNCc2ccc(Cl)s2)cnn1C. The first-order valence-corrected chi connectivity index (χ1v) is 6.28. The minimum Gasteiger partial charge on any atom is -0.308 e. The van der Waals surface area contributed by atoms with Crippen LogP contribution in [0, 0.1) is 6.92 Å². The molecule has 1 N–H and O–H groups in total. The van der Waals surface area contributed by atoms with E-state index < -0.39 is 0 Å². The van der Waals surface area contributed by atoms with Gasteiger partial charge < -0.3 is 5.32 Å². The smallest absolute Gasteiger partial charge is 0.0931 e. The summed E-state index contributed by atoms with van der Waals surface area (Å²) in [6.07, 6.45) is 1.91. The normalized spacial score (nSPS) is 10.9. The Morgan fingerprint density at radius 3 is 2.81 bits per heavy atom. The summed E-state index contributed by atoms with van der Waals surface area (Å²) in [5, 5.41) is 7.59. The van der Waals surface area contributed by atoms with Crippen LogP contribution in [-0.2, 0) is 20.1 Å². The van der Waals surface area contributed by atoms with Gasteiger partial charge in [-0.05, 0) is 19.1 Å². The van der Waals surface area contributed by atoms with Gasteiger partial charge in [0.1, 0.15) is 0 Å². The molecular formula is C11H14ClN3S. The lowest BCUT2D eigenvalue weighted by Gasteiger charge is -2.02. The van der Waals surface area contributed by atoms with E-state index in [1.54, 1.807) is 11.3 Å². The lowest BCUT2D eigenvalue weighted by Crippen LogP contribution is -2.12. The average Bonchev–Trinajstić information content (AvgIpc) is 2.79. The van der Waals surface area contributed by atoms with Crippen LogP contribution in [0.2, 0.25) is 4.34 Å². The molecule has 0 amide bonds. The fourth-order valence-corrected chi connectivity index (χ4v) is 2.54. The van der Waals surface area contributed by atoms with Crippen molar-refractivity contribution in [2.75, 3.05) is 0 Å². The molecule has 0 saturated carbocycles. The second-order valence-electron chi connectivity index (χ2n) is 3.69. The molecule has 2 aromatic rings. The first kappa shape index (κ1) is 11.6. The number of halogens is 1. The molecule has 0 aliphatic carbocycles. The first-order valence-electron chi connectivity index (χ1n) is 5.09. The fourth-order valence-electron chi connectivity index (χ4n) is 1.48. The van der Waals surface area contributed by atoms with E-state index in [2.05, 4.69) is 23.4 Å². The molecule has 0 aromatic carbocycles. The molecule has 0 fully saturated rings. The zero-order valence-electron chi connectivity index (χ0n) is 9.33. The molecule has 0 aliphatic heterocycles. The van der Waals surface area contributed by atoms with Crippen molar-refractivity contribution in [3.8, 4) is 0 Å². The van der Waals surface area contributed by atoms with Crippen LogP contribution in [0.25, 0.3) is 0 Å². The number of aryl methyl sites for hydroxylation is 1. The van der Waals surface area contributed by atoms with Crippen LogP contribution in [0.3, 0.4) is 0 Å². The van der Waals surface area contributed by atoms with Gasteiger partial charge in [0.25, 0.3) is 0 Å². The molecule has 2 heterocycles. The molecule has 0 radical (unpaired) electrons. The predicted molar refractivity (Wildman–Crippen MR) is 67.8 cm³/mol. The van der Waals surface area contributed by atoms with E-state index in [0.717, 1.165) is 17.4 Å². The maximum atomic E-state index is 5.86. The summed E-state index contributed by atoms with van der Waals surface area (Å²) >= 11 is 7.48. The molecule has 5 heteroatoms. The maximum Gasteiger partial charge on any atom is 0.0931 e. The Hall–Kier alpha value is -0.840. The number of hydrogen-bond acceptors (Lipinski definition) is 3. The van der Waals surface area contributed by atoms with Crippen molar-refractivity contribution in [2.24, 2.45) is 7.05 Å². The van der Waals surface area contributed by atoms with Crippen molar-refractivity contribution in [3.63, 3.8) is 0 Å². The topological polar surface area (TPSA) is 29.9 Å². The van der Waals surface area contributed by atoms with Crippen molar-refractivity contribution in [2.45, 2.75) is 20.0 Å². The number of rotatable bonds is 4. The van der Waals surface area contributed by atoms with E-state index in [9.17, 15) is 0 Å². The highest BCUT2D eigenvalue weighted by Gasteiger charge is 2.03. The van der Waals surface area contributed by atoms with Crippen molar-refractivity contribution >= 4 is 22.9 Å². The molecule has 0 saturated heterocycles. The molecule has 16 heavy (non-hydrogen) atoms. The molecule has 0 spiro atoms. The van der Waals surface area contributed by atoms with Crippen molar-refractivity contribution in [1.82, 2.24) is 15.1 Å². The van der Waals surface area contributed by atoms with Gasteiger partial charge in [0, 0.05) is 36.3 Å². The van der Waals surface area contributed by atoms with Crippen LogP contribution in [-0.4, -0.2) is 9.78 Å². The Balaban J connectivity index is 1.86. The monoisotopic (exact) mass is 255 g/mol. The van der Waals surface area contributed by atoms with E-state index in [4.69, 9.17) is 11.6 Å². The number of hydrogen-bond donors (Lipinski definition) is 1. The number of nitrogens with one attached hydrogen (secondary N) is 1. The highest BCUT2D eigenvalue weighted by atomic mass is 35.5. The van der Waals surface area contributed by atoms with Gasteiger partial charge in [0.05, 0.1) is 10.5 Å². The van der Waals surface area contributed by atoms with Gasteiger partial charge >= 0.3 is 0 Å². The number of aromatic nitrogens is 2. The van der Waals surface area contributed by atoms with Crippen LogP contribution in [0.4, 0.5) is 0 Å². The van der Waals surface area contributed by atoms with Gasteiger partial charge in [-0.25, -0.2) is 0 Å². The van der Waals surface area contributed by atoms with Crippen LogP contribution >= 0.6 is 22.9 Å². The van der Waals surface area contributed by atoms with E-state index in [1.807, 2.05) is 24.0 Å². The first-order chi connectivity index (χ1) is 7.66. The molecule has 2 rings (SSSR count). The average molecular weight is 256 g/mol. The van der Waals surface area contributed by atoms with Gasteiger partial charge in [-0.15, -0.1) is 11.3 Å². The zero-order valence-corrected chi connectivity index (χ0v) is 10.9. The zero-order chi connectivity index (χ0) is 11.5. The van der Waals surface area contributed by atoms with Gasteiger partial charge in [-0.3, -0.25) is 4.68 Å². The summed E-state index contributed by atoms with van der Waals surface area (Å²) in [4.78, 5) is 1.26. The molecule has 86 valence electrons. The minimum atomic E-state index is 0.842. The molecule has 2 aromatic heterocycles. The molecular weight excluding hydrogens is 242 g/mol. The lowest BCUT2D eigenvalue weighted by molar-refractivity contribution is 0.691. The summed E-state index contributed by atoms with van der Waals surface area (Å²) in [5.41, 5.74) is 2.45. The summed E-state index contributed by atoms with van der Waals surface area (Å²) in [6.45, 7) is 3.77. The standard InChI is InChI=1S/C11H14ClN3S/c1-8-9(6-14-15(8)2)5-13-7-10-3-4-11(12)16-10/h3-4,6,13H,5,7H2,1-2H3. The summed E-state index contributed by atoms with van der Waals surface area (Å²) in [6, 6.07) is 3.98. The van der Waals surface area contributed by atoms with Crippen molar-refractivity contribution < 1.29 is 0 Å². The molecule has 0 aliphatic rings. The van der Waals surface area contributed by atoms with Crippen LogP contribution in [0.5, 0.6) is 0 Å². The third-order valence-corrected chi connectivity index (χ3v) is 3.81. The minimum absolute atomic E-state index is 0.842. The number of thiophene rings is 1. The van der Waals surface area contributed by atoms with Gasteiger partial charge in [-0.2, -0.15) is 5.10 Å². The largest absolute Gasteiger partial charge is 0.308 e. The van der Waals surface area contributed by atoms with Gasteiger partial charge in [0.2, 0.25) is 0 Å². The van der Waals surface area contributed by atoms with Gasteiger partial charge in [0.15, 0.2) is 0 Å². The highest BCUT2D eigenvalue weighted by molar-refractivity contribution is 7.16. The summed E-state index contributed by atoms with van der Waals surface area (Å²) in [5.74, 6) is 0. The van der Waals surface area contributed by atoms with E-state index in [-0.39, 0.29) is 0 Å². The quantitative estimate of drug-likeness (QED) is 0.911. The molecule has 3 nitrogen and oxygen atoms in total. The Morgan fingerprint density at radius 2 is 2.25 bits per heavy atom. The fraction of sp³-hybridized carbons (Fsp3) is 0.364. The van der Waals surface area contributed by atoms with E-state index in [1.165, 1.54) is 16.1 Å². The predicted octanol–water partition coefficient (Wildman–Crippen LogP) is 2.73. The second kappa shape index (κ2) is 4.99. The maximum absolute atomic E-state index is 5.86. The lowest BCUT2D eigenvalue weighted by atomic mass is 10.2. The molecule has 0 unspecified atom stereocenters. The van der Waals surface area contributed by atoms with Crippen molar-refractivity contribution in [1.29, 1.82) is 0 Å². The van der Waals surface area contributed by atoms with Crippen LogP contribution in [0.15, 0.2) is 18.3 Å². The van der Waals surface area contributed by atoms with Crippen LogP contribution in [0.1, 0.15) is 16.1 Å². The summed E-state index contributed by atoms with van der Waals surface area (Å²) < 4.78 is 2.73. The summed E-state index contributed by atoms with van der Waals surface area (Å²) in [7, 11) is 1.96. The third kappa shape index (κ3) is 2.64. The van der Waals surface area contributed by atoms with Crippen LogP contribution < -0.4 is 5.32 Å². The number of nitrogens with zero attached hydrogens (tertiary/aromatic N) is 2. The Kier molecular flexibility index (Phi) is 3.63. The van der Waals surface area contributed by atoms with Gasteiger partial charge in [-0.1, -0.05) is 11.6 Å².